The number of hydrogen-bond acceptors (Lipinski definition) is 2. The first-order valence-corrected chi connectivity index (χ1v) is 14.7. The molecule has 0 aliphatic heterocycles. The Morgan fingerprint density at radius 1 is 0.571 bits per heavy atom. The molecule has 2 heteroatoms. The number of hydrogen-bond donors (Lipinski definition) is 1. The van der Waals surface area contributed by atoms with Gasteiger partial charge in [0.15, 0.2) is 0 Å². The number of fused-ring (bicyclic) bond motifs is 7. The molecule has 3 atom stereocenters. The minimum Gasteiger partial charge on any atom is -0.455 e. The zero-order valence-corrected chi connectivity index (χ0v) is 23.2. The molecule has 1 heterocycles. The molecule has 0 spiro atoms. The summed E-state index contributed by atoms with van der Waals surface area (Å²) in [5.41, 5.74) is 8.21. The molecular formula is C40H28O2. The van der Waals surface area contributed by atoms with Gasteiger partial charge in [0.2, 0.25) is 0 Å². The molecule has 2 bridgehead atoms. The summed E-state index contributed by atoms with van der Waals surface area (Å²) in [4.78, 5) is 0. The van der Waals surface area contributed by atoms with E-state index in [0.717, 1.165) is 33.1 Å². The Morgan fingerprint density at radius 3 is 1.76 bits per heavy atom. The van der Waals surface area contributed by atoms with E-state index >= 15 is 0 Å². The van der Waals surface area contributed by atoms with Crippen LogP contribution in [0.2, 0.25) is 0 Å². The summed E-state index contributed by atoms with van der Waals surface area (Å²) < 4.78 is 6.34. The fraction of sp³-hybridized carbons (Fsp3) is 0.100. The van der Waals surface area contributed by atoms with Crippen LogP contribution >= 0.6 is 0 Å². The quantitative estimate of drug-likeness (QED) is 0.179. The van der Waals surface area contributed by atoms with Crippen molar-refractivity contribution in [3.8, 4) is 22.3 Å². The van der Waals surface area contributed by atoms with E-state index in [1.54, 1.807) is 0 Å². The number of para-hydroxylation sites is 2. The van der Waals surface area contributed by atoms with E-state index in [9.17, 15) is 5.11 Å². The third-order valence-corrected chi connectivity index (χ3v) is 9.62. The number of furan rings is 1. The molecule has 7 aromatic rings. The molecule has 42 heavy (non-hydrogen) atoms. The Kier molecular flexibility index (Phi) is 4.83. The highest BCUT2D eigenvalue weighted by atomic mass is 16.3. The molecule has 6 aromatic carbocycles. The summed E-state index contributed by atoms with van der Waals surface area (Å²) in [6.45, 7) is 1.97. The van der Waals surface area contributed by atoms with Crippen LogP contribution in [0.15, 0.2) is 138 Å². The number of rotatable bonds is 3. The lowest BCUT2D eigenvalue weighted by Gasteiger charge is -2.26. The van der Waals surface area contributed by atoms with E-state index < -0.39 is 5.60 Å². The van der Waals surface area contributed by atoms with E-state index in [0.29, 0.717) is 0 Å². The van der Waals surface area contributed by atoms with Crippen molar-refractivity contribution < 1.29 is 9.52 Å². The van der Waals surface area contributed by atoms with Crippen LogP contribution < -0.4 is 0 Å². The van der Waals surface area contributed by atoms with E-state index in [2.05, 4.69) is 121 Å². The third-order valence-electron chi connectivity index (χ3n) is 9.62. The van der Waals surface area contributed by atoms with Gasteiger partial charge in [-0.3, -0.25) is 0 Å². The molecular weight excluding hydrogens is 512 g/mol. The Morgan fingerprint density at radius 2 is 1.14 bits per heavy atom. The number of aliphatic hydroxyl groups is 1. The largest absolute Gasteiger partial charge is 0.455 e. The van der Waals surface area contributed by atoms with Gasteiger partial charge in [-0.15, -0.1) is 0 Å². The van der Waals surface area contributed by atoms with Crippen LogP contribution in [0, 0.1) is 11.8 Å². The fourth-order valence-electron chi connectivity index (χ4n) is 7.55. The van der Waals surface area contributed by atoms with Crippen LogP contribution in [0.1, 0.15) is 12.5 Å². The minimum atomic E-state index is -0.769. The Hall–Kier alpha value is -4.92. The van der Waals surface area contributed by atoms with Gasteiger partial charge in [0.05, 0.1) is 5.60 Å². The van der Waals surface area contributed by atoms with Gasteiger partial charge in [-0.1, -0.05) is 127 Å². The minimum absolute atomic E-state index is 0.000374. The molecule has 2 aliphatic rings. The lowest BCUT2D eigenvalue weighted by molar-refractivity contribution is 0.0326. The van der Waals surface area contributed by atoms with Crippen LogP contribution in [0.3, 0.4) is 0 Å². The fourth-order valence-corrected chi connectivity index (χ4v) is 7.55. The molecule has 0 amide bonds. The lowest BCUT2D eigenvalue weighted by atomic mass is 9.81. The Balaban J connectivity index is 1.24. The second kappa shape index (κ2) is 8.55. The maximum absolute atomic E-state index is 11.3. The summed E-state index contributed by atoms with van der Waals surface area (Å²) in [6, 6.07) is 41.0. The summed E-state index contributed by atoms with van der Waals surface area (Å²) in [5.74, 6) is 0.0545. The highest BCUT2D eigenvalue weighted by Crippen LogP contribution is 2.53. The van der Waals surface area contributed by atoms with Crippen molar-refractivity contribution in [2.75, 3.05) is 0 Å². The van der Waals surface area contributed by atoms with Gasteiger partial charge >= 0.3 is 0 Å². The van der Waals surface area contributed by atoms with Crippen molar-refractivity contribution in [3.05, 3.63) is 139 Å². The predicted octanol–water partition coefficient (Wildman–Crippen LogP) is 10.2. The first-order chi connectivity index (χ1) is 20.6. The van der Waals surface area contributed by atoms with Gasteiger partial charge < -0.3 is 9.52 Å². The highest BCUT2D eigenvalue weighted by Gasteiger charge is 2.48. The highest BCUT2D eigenvalue weighted by molar-refractivity contribution is 6.19. The van der Waals surface area contributed by atoms with Crippen molar-refractivity contribution in [3.63, 3.8) is 0 Å². The maximum atomic E-state index is 11.3. The molecule has 0 fully saturated rings. The van der Waals surface area contributed by atoms with Crippen molar-refractivity contribution in [1.82, 2.24) is 0 Å². The molecule has 3 unspecified atom stereocenters. The Bertz CT molecular complexity index is 2220. The van der Waals surface area contributed by atoms with Gasteiger partial charge in [0.1, 0.15) is 11.2 Å². The van der Waals surface area contributed by atoms with Gasteiger partial charge in [-0.05, 0) is 62.4 Å². The molecule has 9 rings (SSSR count). The standard InChI is InChI=1S/C40H28O2/c1-40(41)26-21-22-35(40)34(23-26)38-31-12-4-2-10-29(31)37(30-11-3-5-13-32(30)38)25-19-17-24(18-20-25)27-14-8-15-33-28-9-6-7-16-36(28)42-39(27)33/h2-23,26,35,41H,1H3. The smallest absolute Gasteiger partial charge is 0.143 e. The Labute approximate surface area is 243 Å². The molecule has 200 valence electrons. The van der Waals surface area contributed by atoms with Crippen LogP contribution in [0.4, 0.5) is 0 Å². The van der Waals surface area contributed by atoms with Crippen molar-refractivity contribution >= 4 is 49.1 Å². The van der Waals surface area contributed by atoms with E-state index in [1.165, 1.54) is 43.8 Å². The normalized spacial score (nSPS) is 21.2. The second-order valence-corrected chi connectivity index (χ2v) is 11.9. The molecule has 0 saturated heterocycles. The number of benzene rings is 6. The van der Waals surface area contributed by atoms with Crippen LogP contribution in [-0.4, -0.2) is 10.7 Å². The molecule has 0 radical (unpaired) electrons. The van der Waals surface area contributed by atoms with Crippen molar-refractivity contribution in [1.29, 1.82) is 0 Å². The van der Waals surface area contributed by atoms with Gasteiger partial charge in [0, 0.05) is 28.2 Å². The van der Waals surface area contributed by atoms with Crippen molar-refractivity contribution in [2.24, 2.45) is 11.8 Å². The third kappa shape index (κ3) is 3.19. The molecule has 1 aromatic heterocycles. The van der Waals surface area contributed by atoms with Gasteiger partial charge in [0.25, 0.3) is 0 Å². The zero-order valence-electron chi connectivity index (χ0n) is 23.2. The lowest BCUT2D eigenvalue weighted by Crippen LogP contribution is -2.31. The molecule has 0 saturated carbocycles. The molecule has 2 nitrogen and oxygen atoms in total. The molecule has 2 aliphatic carbocycles. The predicted molar refractivity (Wildman–Crippen MR) is 174 cm³/mol. The average Bonchev–Trinajstić information content (AvgIpc) is 3.64. The monoisotopic (exact) mass is 540 g/mol. The van der Waals surface area contributed by atoms with Gasteiger partial charge in [-0.2, -0.15) is 0 Å². The SMILES string of the molecule is CC1(O)C2C=CC1C(c1c3ccccc3c(-c3ccc(-c4cccc5c4oc4ccccc45)cc3)c3ccccc13)=C2. The van der Waals surface area contributed by atoms with E-state index in [1.807, 2.05) is 19.1 Å². The van der Waals surface area contributed by atoms with E-state index in [-0.39, 0.29) is 11.8 Å². The summed E-state index contributed by atoms with van der Waals surface area (Å²) in [7, 11) is 0. The summed E-state index contributed by atoms with van der Waals surface area (Å²) in [6.07, 6.45) is 6.63. The maximum Gasteiger partial charge on any atom is 0.143 e. The van der Waals surface area contributed by atoms with Crippen LogP contribution in [-0.2, 0) is 0 Å². The van der Waals surface area contributed by atoms with Crippen LogP contribution in [0.25, 0.3) is 71.3 Å². The second-order valence-electron chi connectivity index (χ2n) is 11.9. The van der Waals surface area contributed by atoms with Crippen molar-refractivity contribution in [2.45, 2.75) is 12.5 Å². The van der Waals surface area contributed by atoms with E-state index in [4.69, 9.17) is 4.42 Å². The van der Waals surface area contributed by atoms with Gasteiger partial charge in [-0.25, -0.2) is 0 Å². The average molecular weight is 541 g/mol. The zero-order chi connectivity index (χ0) is 28.0. The summed E-state index contributed by atoms with van der Waals surface area (Å²) in [5, 5.41) is 18.5. The topological polar surface area (TPSA) is 33.4 Å². The van der Waals surface area contributed by atoms with Crippen LogP contribution in [0.5, 0.6) is 0 Å². The summed E-state index contributed by atoms with van der Waals surface area (Å²) >= 11 is 0. The molecule has 1 N–H and O–H groups in total. The first-order valence-electron chi connectivity index (χ1n) is 14.7. The first kappa shape index (κ1) is 23.8.